The molecule has 1 aromatic heterocycles. The van der Waals surface area contributed by atoms with Gasteiger partial charge in [-0.2, -0.15) is 0 Å². The van der Waals surface area contributed by atoms with Gasteiger partial charge in [0.2, 0.25) is 5.91 Å². The van der Waals surface area contributed by atoms with Gasteiger partial charge in [-0.25, -0.2) is 0 Å². The molecule has 2 amide bonds. The second-order valence-corrected chi connectivity index (χ2v) is 6.90. The molecule has 0 unspecified atom stereocenters. The highest BCUT2D eigenvalue weighted by atomic mass is 16.2. The topological polar surface area (TPSA) is 63.1 Å². The predicted molar refractivity (Wildman–Crippen MR) is 111 cm³/mol. The largest absolute Gasteiger partial charge is 0.350 e. The number of hydrogen-bond acceptors (Lipinski definition) is 2. The highest BCUT2D eigenvalue weighted by Gasteiger charge is 2.17. The molecule has 2 aromatic carbocycles. The molecule has 0 spiro atoms. The molecule has 2 N–H and O–H groups in total. The van der Waals surface area contributed by atoms with Gasteiger partial charge in [0.1, 0.15) is 0 Å². The molecule has 5 nitrogen and oxygen atoms in total. The molecule has 0 bridgehead atoms. The average molecular weight is 375 g/mol. The molecule has 0 aliphatic carbocycles. The Labute approximate surface area is 165 Å². The van der Waals surface area contributed by atoms with Crippen LogP contribution in [0, 0.1) is 20.8 Å². The first kappa shape index (κ1) is 19.4. The van der Waals surface area contributed by atoms with Crippen LogP contribution in [0.4, 0.5) is 0 Å². The summed E-state index contributed by atoms with van der Waals surface area (Å²) in [5.41, 5.74) is 5.60. The first-order chi connectivity index (χ1) is 13.5. The minimum absolute atomic E-state index is 0.0558. The van der Waals surface area contributed by atoms with E-state index in [9.17, 15) is 9.59 Å². The lowest BCUT2D eigenvalue weighted by molar-refractivity contribution is -0.120. The molecule has 144 valence electrons. The van der Waals surface area contributed by atoms with Gasteiger partial charge in [-0.1, -0.05) is 42.5 Å². The van der Waals surface area contributed by atoms with E-state index in [0.717, 1.165) is 28.2 Å². The summed E-state index contributed by atoms with van der Waals surface area (Å²) in [5.74, 6) is -0.466. The monoisotopic (exact) mass is 375 g/mol. The molecule has 0 fully saturated rings. The molecule has 0 saturated carbocycles. The second-order valence-electron chi connectivity index (χ2n) is 6.90. The SMILES string of the molecule is Cc1cccc(-n2c(C)cc(C(=O)NCC(=O)NCc3ccccc3)c2C)c1. The zero-order valence-corrected chi connectivity index (χ0v) is 16.5. The minimum atomic E-state index is -0.248. The molecule has 0 aliphatic heterocycles. The molecule has 3 aromatic rings. The van der Waals surface area contributed by atoms with Crippen LogP contribution < -0.4 is 10.6 Å². The van der Waals surface area contributed by atoms with Gasteiger partial charge < -0.3 is 15.2 Å². The smallest absolute Gasteiger partial charge is 0.253 e. The Morgan fingerprint density at radius 2 is 1.64 bits per heavy atom. The fraction of sp³-hybridized carbons (Fsp3) is 0.217. The zero-order valence-electron chi connectivity index (χ0n) is 16.5. The number of aromatic nitrogens is 1. The first-order valence-electron chi connectivity index (χ1n) is 9.30. The third-order valence-electron chi connectivity index (χ3n) is 4.68. The van der Waals surface area contributed by atoms with E-state index in [1.807, 2.05) is 75.4 Å². The van der Waals surface area contributed by atoms with Crippen molar-refractivity contribution in [2.75, 3.05) is 6.54 Å². The molecule has 0 radical (unpaired) electrons. The third kappa shape index (κ3) is 4.49. The van der Waals surface area contributed by atoms with Crippen molar-refractivity contribution >= 4 is 11.8 Å². The molecule has 0 aliphatic rings. The predicted octanol–water partition coefficient (Wildman–Crippen LogP) is 3.45. The zero-order chi connectivity index (χ0) is 20.1. The number of nitrogens with one attached hydrogen (secondary N) is 2. The Morgan fingerprint density at radius 3 is 2.36 bits per heavy atom. The standard InChI is InChI=1S/C23H25N3O2/c1-16-8-7-11-20(12-16)26-17(2)13-21(18(26)3)23(28)25-15-22(27)24-14-19-9-5-4-6-10-19/h4-13H,14-15H2,1-3H3,(H,24,27)(H,25,28). The highest BCUT2D eigenvalue weighted by molar-refractivity contribution is 5.97. The third-order valence-corrected chi connectivity index (χ3v) is 4.68. The summed E-state index contributed by atoms with van der Waals surface area (Å²) in [5, 5.41) is 5.53. The van der Waals surface area contributed by atoms with Crippen LogP contribution in [0.1, 0.15) is 32.9 Å². The molecular formula is C23H25N3O2. The van der Waals surface area contributed by atoms with Crippen molar-refractivity contribution in [1.29, 1.82) is 0 Å². The lowest BCUT2D eigenvalue weighted by Gasteiger charge is -2.11. The summed E-state index contributed by atoms with van der Waals surface area (Å²) in [7, 11) is 0. The Bertz CT molecular complexity index is 990. The van der Waals surface area contributed by atoms with Crippen molar-refractivity contribution < 1.29 is 9.59 Å². The number of hydrogen-bond donors (Lipinski definition) is 2. The molecule has 28 heavy (non-hydrogen) atoms. The van der Waals surface area contributed by atoms with Crippen LogP contribution in [0.15, 0.2) is 60.7 Å². The van der Waals surface area contributed by atoms with Crippen LogP contribution in [0.2, 0.25) is 0 Å². The van der Waals surface area contributed by atoms with E-state index in [-0.39, 0.29) is 18.4 Å². The maximum atomic E-state index is 12.6. The van der Waals surface area contributed by atoms with E-state index < -0.39 is 0 Å². The summed E-state index contributed by atoms with van der Waals surface area (Å²) < 4.78 is 2.05. The van der Waals surface area contributed by atoms with Crippen molar-refractivity contribution in [3.63, 3.8) is 0 Å². The summed E-state index contributed by atoms with van der Waals surface area (Å²) in [6.07, 6.45) is 0. The Kier molecular flexibility index (Phi) is 5.94. The van der Waals surface area contributed by atoms with E-state index in [0.29, 0.717) is 12.1 Å². The van der Waals surface area contributed by atoms with Crippen molar-refractivity contribution in [2.45, 2.75) is 27.3 Å². The average Bonchev–Trinajstić information content (AvgIpc) is 2.99. The van der Waals surface area contributed by atoms with Crippen molar-refractivity contribution in [2.24, 2.45) is 0 Å². The van der Waals surface area contributed by atoms with Gasteiger partial charge in [-0.3, -0.25) is 9.59 Å². The molecule has 5 heteroatoms. The number of carbonyl (C=O) groups excluding carboxylic acids is 2. The summed E-state index contributed by atoms with van der Waals surface area (Å²) >= 11 is 0. The lowest BCUT2D eigenvalue weighted by atomic mass is 10.2. The van der Waals surface area contributed by atoms with Gasteiger partial charge >= 0.3 is 0 Å². The highest BCUT2D eigenvalue weighted by Crippen LogP contribution is 2.21. The number of benzene rings is 2. The van der Waals surface area contributed by atoms with E-state index in [4.69, 9.17) is 0 Å². The van der Waals surface area contributed by atoms with Crippen molar-refractivity contribution in [3.05, 3.63) is 88.7 Å². The fourth-order valence-electron chi connectivity index (χ4n) is 3.27. The van der Waals surface area contributed by atoms with Crippen molar-refractivity contribution in [3.8, 4) is 5.69 Å². The summed E-state index contributed by atoms with van der Waals surface area (Å²) in [6.45, 7) is 6.31. The van der Waals surface area contributed by atoms with Crippen LogP contribution in [-0.4, -0.2) is 22.9 Å². The van der Waals surface area contributed by atoms with E-state index in [1.165, 1.54) is 0 Å². The molecule has 0 saturated heterocycles. The van der Waals surface area contributed by atoms with Gasteiger partial charge in [0.05, 0.1) is 12.1 Å². The normalized spacial score (nSPS) is 10.5. The summed E-state index contributed by atoms with van der Waals surface area (Å²) in [6, 6.07) is 19.7. The van der Waals surface area contributed by atoms with Crippen molar-refractivity contribution in [1.82, 2.24) is 15.2 Å². The van der Waals surface area contributed by atoms with Gasteiger partial charge in [0.15, 0.2) is 0 Å². The quantitative estimate of drug-likeness (QED) is 0.693. The minimum Gasteiger partial charge on any atom is -0.350 e. The second kappa shape index (κ2) is 8.57. The van der Waals surface area contributed by atoms with E-state index >= 15 is 0 Å². The number of rotatable bonds is 6. The Balaban J connectivity index is 1.63. The van der Waals surface area contributed by atoms with Gasteiger partial charge in [0.25, 0.3) is 5.91 Å². The van der Waals surface area contributed by atoms with Crippen LogP contribution in [0.3, 0.4) is 0 Å². The number of carbonyl (C=O) groups is 2. The summed E-state index contributed by atoms with van der Waals surface area (Å²) in [4.78, 5) is 24.6. The Hall–Kier alpha value is -3.34. The van der Waals surface area contributed by atoms with Crippen LogP contribution >= 0.6 is 0 Å². The number of amides is 2. The molecule has 1 heterocycles. The maximum Gasteiger partial charge on any atom is 0.253 e. The van der Waals surface area contributed by atoms with Gasteiger partial charge in [-0.05, 0) is 50.1 Å². The van der Waals surface area contributed by atoms with E-state index in [1.54, 1.807) is 0 Å². The number of aryl methyl sites for hydroxylation is 2. The van der Waals surface area contributed by atoms with Crippen LogP contribution in [0.25, 0.3) is 5.69 Å². The van der Waals surface area contributed by atoms with Crippen LogP contribution in [-0.2, 0) is 11.3 Å². The van der Waals surface area contributed by atoms with Crippen LogP contribution in [0.5, 0.6) is 0 Å². The molecular weight excluding hydrogens is 350 g/mol. The van der Waals surface area contributed by atoms with Gasteiger partial charge in [-0.15, -0.1) is 0 Å². The lowest BCUT2D eigenvalue weighted by Crippen LogP contribution is -2.36. The number of nitrogens with zero attached hydrogens (tertiary/aromatic N) is 1. The van der Waals surface area contributed by atoms with E-state index in [2.05, 4.69) is 21.3 Å². The maximum absolute atomic E-state index is 12.6. The molecule has 3 rings (SSSR count). The van der Waals surface area contributed by atoms with Gasteiger partial charge in [0, 0.05) is 23.6 Å². The first-order valence-corrected chi connectivity index (χ1v) is 9.30. The fourth-order valence-corrected chi connectivity index (χ4v) is 3.27. The Morgan fingerprint density at radius 1 is 0.893 bits per heavy atom. The molecule has 0 atom stereocenters.